The summed E-state index contributed by atoms with van der Waals surface area (Å²) >= 11 is 1.27. The lowest BCUT2D eigenvalue weighted by atomic mass is 10.2. The summed E-state index contributed by atoms with van der Waals surface area (Å²) in [4.78, 5) is 15.6. The van der Waals surface area contributed by atoms with Gasteiger partial charge in [-0.25, -0.2) is 4.98 Å². The van der Waals surface area contributed by atoms with E-state index in [4.69, 9.17) is 0 Å². The van der Waals surface area contributed by atoms with Crippen LogP contribution in [0.25, 0.3) is 11.0 Å². The third kappa shape index (κ3) is 4.25. The number of imidazole rings is 1. The first-order valence-corrected chi connectivity index (χ1v) is 9.28. The van der Waals surface area contributed by atoms with Gasteiger partial charge in [-0.1, -0.05) is 0 Å². The van der Waals surface area contributed by atoms with Crippen LogP contribution in [0.2, 0.25) is 0 Å². The molecule has 5 nitrogen and oxygen atoms in total. The molecule has 2 N–H and O–H groups in total. The van der Waals surface area contributed by atoms with Crippen LogP contribution in [-0.2, 0) is 11.9 Å². The van der Waals surface area contributed by atoms with Crippen molar-refractivity contribution in [3.63, 3.8) is 0 Å². The highest BCUT2D eigenvalue weighted by Crippen LogP contribution is 2.31. The summed E-state index contributed by atoms with van der Waals surface area (Å²) in [6, 6.07) is 12.1. The van der Waals surface area contributed by atoms with Gasteiger partial charge in [0, 0.05) is 23.0 Å². The fourth-order valence-corrected chi connectivity index (χ4v) is 3.41. The van der Waals surface area contributed by atoms with E-state index in [-0.39, 0.29) is 0 Å². The second-order valence-corrected chi connectivity index (χ2v) is 6.99. The minimum absolute atomic E-state index is 0.418. The van der Waals surface area contributed by atoms with Gasteiger partial charge in [0.15, 0.2) is 0 Å². The summed E-state index contributed by atoms with van der Waals surface area (Å²) in [7, 11) is 0. The molecule has 0 bridgehead atoms. The third-order valence-corrected chi connectivity index (χ3v) is 4.88. The van der Waals surface area contributed by atoms with Crippen LogP contribution in [-0.4, -0.2) is 19.9 Å². The quantitative estimate of drug-likeness (QED) is 0.438. The number of H-pyrrole nitrogens is 1. The molecule has 0 aliphatic rings. The third-order valence-electron chi connectivity index (χ3n) is 3.88. The van der Waals surface area contributed by atoms with E-state index in [9.17, 15) is 13.2 Å². The van der Waals surface area contributed by atoms with Crippen LogP contribution in [0.4, 0.5) is 24.5 Å². The molecular formula is C19H14F3N5S. The highest BCUT2D eigenvalue weighted by atomic mass is 32.2. The van der Waals surface area contributed by atoms with Crippen molar-refractivity contribution in [2.75, 3.05) is 5.32 Å². The van der Waals surface area contributed by atoms with E-state index in [1.807, 2.05) is 30.3 Å². The molecule has 9 heteroatoms. The van der Waals surface area contributed by atoms with Crippen molar-refractivity contribution in [2.45, 2.75) is 16.8 Å². The largest absolute Gasteiger partial charge is 0.433 e. The monoisotopic (exact) mass is 401 g/mol. The van der Waals surface area contributed by atoms with Crippen LogP contribution in [0.1, 0.15) is 11.5 Å². The van der Waals surface area contributed by atoms with E-state index in [0.29, 0.717) is 16.5 Å². The molecule has 0 atom stereocenters. The van der Waals surface area contributed by atoms with Gasteiger partial charge in [0.1, 0.15) is 11.5 Å². The van der Waals surface area contributed by atoms with Crippen LogP contribution < -0.4 is 5.32 Å². The van der Waals surface area contributed by atoms with Gasteiger partial charge in [0.2, 0.25) is 0 Å². The molecule has 3 aromatic heterocycles. The number of benzene rings is 1. The number of hydrogen-bond acceptors (Lipinski definition) is 5. The molecule has 28 heavy (non-hydrogen) atoms. The molecule has 142 valence electrons. The molecule has 1 aromatic carbocycles. The smallest absolute Gasteiger partial charge is 0.354 e. The number of aromatic amines is 1. The molecule has 0 fully saturated rings. The predicted octanol–water partition coefficient (Wildman–Crippen LogP) is 5.41. The van der Waals surface area contributed by atoms with Crippen molar-refractivity contribution in [1.29, 1.82) is 0 Å². The summed E-state index contributed by atoms with van der Waals surface area (Å²) < 4.78 is 38.3. The molecule has 0 spiro atoms. The van der Waals surface area contributed by atoms with E-state index in [2.05, 4.69) is 25.3 Å². The lowest BCUT2D eigenvalue weighted by Gasteiger charge is -2.06. The van der Waals surface area contributed by atoms with Crippen LogP contribution in [0.3, 0.4) is 0 Å². The SMILES string of the molecule is FC(F)(F)c1cc(SCc2nc3cc(Nc4cccnc4)ccc3[nH]2)ccn1. The zero-order valence-electron chi connectivity index (χ0n) is 14.4. The van der Waals surface area contributed by atoms with Gasteiger partial charge in [-0.3, -0.25) is 9.97 Å². The number of alkyl halides is 3. The molecule has 4 rings (SSSR count). The van der Waals surface area contributed by atoms with Crippen molar-refractivity contribution in [3.8, 4) is 0 Å². The number of nitrogens with one attached hydrogen (secondary N) is 2. The average molecular weight is 401 g/mol. The van der Waals surface area contributed by atoms with Crippen LogP contribution in [0, 0.1) is 0 Å². The lowest BCUT2D eigenvalue weighted by Crippen LogP contribution is -2.07. The number of halogens is 3. The zero-order chi connectivity index (χ0) is 19.6. The fraction of sp³-hybridized carbons (Fsp3) is 0.105. The number of rotatable bonds is 5. The highest BCUT2D eigenvalue weighted by molar-refractivity contribution is 7.98. The molecule has 0 saturated heterocycles. The second-order valence-electron chi connectivity index (χ2n) is 5.95. The second kappa shape index (κ2) is 7.51. The number of hydrogen-bond donors (Lipinski definition) is 2. The Balaban J connectivity index is 1.48. The Bertz CT molecular complexity index is 1100. The zero-order valence-corrected chi connectivity index (χ0v) is 15.2. The van der Waals surface area contributed by atoms with E-state index in [1.165, 1.54) is 18.0 Å². The summed E-state index contributed by atoms with van der Waals surface area (Å²) in [5.74, 6) is 1.10. The normalized spacial score (nSPS) is 11.7. The number of thioether (sulfide) groups is 1. The Morgan fingerprint density at radius 2 is 1.93 bits per heavy atom. The topological polar surface area (TPSA) is 66.5 Å². The molecule has 3 heterocycles. The Labute approximate surface area is 162 Å². The summed E-state index contributed by atoms with van der Waals surface area (Å²) in [5.41, 5.74) is 2.47. The van der Waals surface area contributed by atoms with Gasteiger partial charge in [-0.05, 0) is 42.5 Å². The number of aromatic nitrogens is 4. The minimum Gasteiger partial charge on any atom is -0.354 e. The Kier molecular flexibility index (Phi) is 4.91. The molecule has 0 amide bonds. The van der Waals surface area contributed by atoms with Crippen molar-refractivity contribution in [3.05, 3.63) is 72.6 Å². The van der Waals surface area contributed by atoms with Crippen LogP contribution in [0.15, 0.2) is 66.0 Å². The predicted molar refractivity (Wildman–Crippen MR) is 102 cm³/mol. The first kappa shape index (κ1) is 18.3. The van der Waals surface area contributed by atoms with Gasteiger partial charge in [-0.15, -0.1) is 11.8 Å². The van der Waals surface area contributed by atoms with Gasteiger partial charge in [0.05, 0.1) is 28.7 Å². The number of pyridine rings is 2. The van der Waals surface area contributed by atoms with Gasteiger partial charge in [0.25, 0.3) is 0 Å². The lowest BCUT2D eigenvalue weighted by molar-refractivity contribution is -0.141. The van der Waals surface area contributed by atoms with Crippen molar-refractivity contribution in [2.24, 2.45) is 0 Å². The van der Waals surface area contributed by atoms with Gasteiger partial charge < -0.3 is 10.3 Å². The molecule has 0 radical (unpaired) electrons. The number of nitrogens with zero attached hydrogens (tertiary/aromatic N) is 3. The molecule has 0 aliphatic heterocycles. The van der Waals surface area contributed by atoms with E-state index >= 15 is 0 Å². The molecule has 0 saturated carbocycles. The highest BCUT2D eigenvalue weighted by Gasteiger charge is 2.32. The summed E-state index contributed by atoms with van der Waals surface area (Å²) in [6.07, 6.45) is 0.140. The summed E-state index contributed by atoms with van der Waals surface area (Å²) in [6.45, 7) is 0. The average Bonchev–Trinajstić information content (AvgIpc) is 3.09. The standard InChI is InChI=1S/C19H14F3N5S/c20-19(21,22)17-9-14(5-7-24-17)28-11-18-26-15-4-3-12(8-16(15)27-18)25-13-2-1-6-23-10-13/h1-10,25H,11H2,(H,26,27). The van der Waals surface area contributed by atoms with Crippen LogP contribution in [0.5, 0.6) is 0 Å². The Morgan fingerprint density at radius 1 is 1.04 bits per heavy atom. The van der Waals surface area contributed by atoms with Crippen molar-refractivity contribution >= 4 is 34.2 Å². The van der Waals surface area contributed by atoms with E-state index in [1.54, 1.807) is 18.5 Å². The van der Waals surface area contributed by atoms with Crippen molar-refractivity contribution in [1.82, 2.24) is 19.9 Å². The summed E-state index contributed by atoms with van der Waals surface area (Å²) in [5, 5.41) is 3.25. The first-order valence-electron chi connectivity index (χ1n) is 8.29. The maximum Gasteiger partial charge on any atom is 0.433 e. The maximum absolute atomic E-state index is 12.8. The first-order chi connectivity index (χ1) is 13.5. The molecule has 0 unspecified atom stereocenters. The van der Waals surface area contributed by atoms with Gasteiger partial charge in [-0.2, -0.15) is 13.2 Å². The number of fused-ring (bicyclic) bond motifs is 1. The molecule has 4 aromatic rings. The van der Waals surface area contributed by atoms with Crippen molar-refractivity contribution < 1.29 is 13.2 Å². The number of anilines is 2. The minimum atomic E-state index is -4.45. The molecular weight excluding hydrogens is 387 g/mol. The maximum atomic E-state index is 12.8. The van der Waals surface area contributed by atoms with E-state index < -0.39 is 11.9 Å². The Morgan fingerprint density at radius 3 is 2.71 bits per heavy atom. The molecule has 0 aliphatic carbocycles. The fourth-order valence-electron chi connectivity index (χ4n) is 2.62. The van der Waals surface area contributed by atoms with E-state index in [0.717, 1.165) is 28.5 Å². The Hall–Kier alpha value is -3.07. The van der Waals surface area contributed by atoms with Gasteiger partial charge >= 0.3 is 6.18 Å². The van der Waals surface area contributed by atoms with Crippen LogP contribution >= 0.6 is 11.8 Å².